The van der Waals surface area contributed by atoms with Gasteiger partial charge in [-0.05, 0) is 28.7 Å². The minimum Gasteiger partial charge on any atom is -0.469 e. The number of nitrogens with zero attached hydrogens (tertiary/aromatic N) is 1. The summed E-state index contributed by atoms with van der Waals surface area (Å²) in [5, 5.41) is 9.32. The first-order chi connectivity index (χ1) is 9.00. The lowest BCUT2D eigenvalue weighted by Gasteiger charge is -2.19. The molecular weight excluding hydrogens is 234 g/mol. The van der Waals surface area contributed by atoms with Crippen molar-refractivity contribution in [1.82, 2.24) is 0 Å². The molecule has 0 saturated heterocycles. The van der Waals surface area contributed by atoms with Gasteiger partial charge in [0.1, 0.15) is 5.76 Å². The van der Waals surface area contributed by atoms with Gasteiger partial charge in [0, 0.05) is 6.42 Å². The third-order valence-corrected chi connectivity index (χ3v) is 3.32. The predicted molar refractivity (Wildman–Crippen MR) is 75.9 cm³/mol. The summed E-state index contributed by atoms with van der Waals surface area (Å²) in [5.74, 6) is 0.701. The fourth-order valence-electron chi connectivity index (χ4n) is 2.08. The highest BCUT2D eigenvalue weighted by atomic mass is 16.3. The van der Waals surface area contributed by atoms with Crippen LogP contribution in [0.1, 0.15) is 43.6 Å². The summed E-state index contributed by atoms with van der Waals surface area (Å²) in [6.45, 7) is 6.56. The lowest BCUT2D eigenvalue weighted by atomic mass is 9.85. The largest absolute Gasteiger partial charge is 0.469 e. The summed E-state index contributed by atoms with van der Waals surface area (Å²) in [5.41, 5.74) is 2.47. The van der Waals surface area contributed by atoms with Crippen LogP contribution in [0.2, 0.25) is 0 Å². The Hall–Kier alpha value is -2.01. The van der Waals surface area contributed by atoms with Crippen LogP contribution in [0, 0.1) is 11.3 Å². The van der Waals surface area contributed by atoms with Gasteiger partial charge in [0.05, 0.1) is 18.3 Å². The van der Waals surface area contributed by atoms with Gasteiger partial charge in [-0.2, -0.15) is 5.26 Å². The number of hydrogen-bond donors (Lipinski definition) is 0. The first kappa shape index (κ1) is 13.4. The first-order valence-corrected chi connectivity index (χ1v) is 6.53. The number of furan rings is 1. The van der Waals surface area contributed by atoms with Crippen LogP contribution in [-0.2, 0) is 11.8 Å². The molecule has 0 spiro atoms. The van der Waals surface area contributed by atoms with E-state index >= 15 is 0 Å². The van der Waals surface area contributed by atoms with E-state index in [0.717, 1.165) is 11.3 Å². The van der Waals surface area contributed by atoms with E-state index in [2.05, 4.69) is 51.1 Å². The average molecular weight is 253 g/mol. The number of benzene rings is 1. The summed E-state index contributed by atoms with van der Waals surface area (Å²) in [7, 11) is 0. The van der Waals surface area contributed by atoms with Gasteiger partial charge in [-0.1, -0.05) is 45.0 Å². The van der Waals surface area contributed by atoms with Crippen molar-refractivity contribution < 1.29 is 4.42 Å². The van der Waals surface area contributed by atoms with Crippen molar-refractivity contribution >= 4 is 0 Å². The van der Waals surface area contributed by atoms with Crippen molar-refractivity contribution in [3.8, 4) is 6.07 Å². The van der Waals surface area contributed by atoms with Gasteiger partial charge in [0.25, 0.3) is 0 Å². The van der Waals surface area contributed by atoms with E-state index in [9.17, 15) is 5.26 Å². The molecule has 1 heterocycles. The normalized spacial score (nSPS) is 12.9. The molecule has 0 aliphatic heterocycles. The van der Waals surface area contributed by atoms with E-state index in [-0.39, 0.29) is 11.3 Å². The van der Waals surface area contributed by atoms with Crippen LogP contribution >= 0.6 is 0 Å². The second-order valence-electron chi connectivity index (χ2n) is 5.84. The molecule has 1 atom stereocenters. The Kier molecular flexibility index (Phi) is 3.76. The molecule has 0 aliphatic rings. The Morgan fingerprint density at radius 1 is 1.16 bits per heavy atom. The minimum absolute atomic E-state index is 0.141. The van der Waals surface area contributed by atoms with Gasteiger partial charge in [-0.3, -0.25) is 0 Å². The van der Waals surface area contributed by atoms with E-state index in [4.69, 9.17) is 4.42 Å². The van der Waals surface area contributed by atoms with Gasteiger partial charge in [-0.15, -0.1) is 0 Å². The maximum atomic E-state index is 9.32. The zero-order chi connectivity index (χ0) is 13.9. The molecule has 2 rings (SSSR count). The summed E-state index contributed by atoms with van der Waals surface area (Å²) >= 11 is 0. The standard InChI is InChI=1S/C17H19NO/c1-17(2,3)15-8-6-13(7-9-15)14(12-18)11-16-5-4-10-19-16/h4-10,14H,11H2,1-3H3. The SMILES string of the molecule is CC(C)(C)c1ccc(C(C#N)Cc2ccco2)cc1. The van der Waals surface area contributed by atoms with E-state index in [0.29, 0.717) is 6.42 Å². The second-order valence-corrected chi connectivity index (χ2v) is 5.84. The molecule has 2 nitrogen and oxygen atoms in total. The van der Waals surface area contributed by atoms with Crippen LogP contribution in [0.3, 0.4) is 0 Å². The molecule has 0 radical (unpaired) electrons. The highest BCUT2D eigenvalue weighted by Gasteiger charge is 2.16. The zero-order valence-electron chi connectivity index (χ0n) is 11.7. The van der Waals surface area contributed by atoms with Crippen LogP contribution in [0.15, 0.2) is 47.1 Å². The Balaban J connectivity index is 2.18. The molecule has 1 aromatic heterocycles. The molecule has 2 heteroatoms. The molecule has 2 aromatic rings. The van der Waals surface area contributed by atoms with E-state index in [1.54, 1.807) is 6.26 Å². The Labute approximate surface area is 114 Å². The topological polar surface area (TPSA) is 36.9 Å². The Morgan fingerprint density at radius 2 is 1.84 bits per heavy atom. The molecule has 0 saturated carbocycles. The summed E-state index contributed by atoms with van der Waals surface area (Å²) in [6.07, 6.45) is 2.27. The highest BCUT2D eigenvalue weighted by Crippen LogP contribution is 2.26. The van der Waals surface area contributed by atoms with Crippen molar-refractivity contribution in [2.45, 2.75) is 38.5 Å². The fourth-order valence-corrected chi connectivity index (χ4v) is 2.08. The highest BCUT2D eigenvalue weighted by molar-refractivity contribution is 5.32. The van der Waals surface area contributed by atoms with Crippen LogP contribution in [-0.4, -0.2) is 0 Å². The Bertz CT molecular complexity index is 553. The third-order valence-electron chi connectivity index (χ3n) is 3.32. The molecule has 1 unspecified atom stereocenters. The molecule has 0 bridgehead atoms. The van der Waals surface area contributed by atoms with Crippen LogP contribution < -0.4 is 0 Å². The lowest BCUT2D eigenvalue weighted by molar-refractivity contribution is 0.501. The molecule has 0 N–H and O–H groups in total. The van der Waals surface area contributed by atoms with Gasteiger partial charge in [0.2, 0.25) is 0 Å². The van der Waals surface area contributed by atoms with Crippen molar-refractivity contribution in [3.63, 3.8) is 0 Å². The number of rotatable bonds is 3. The van der Waals surface area contributed by atoms with Crippen LogP contribution in [0.25, 0.3) is 0 Å². The molecule has 1 aromatic carbocycles. The van der Waals surface area contributed by atoms with Gasteiger partial charge < -0.3 is 4.42 Å². The van der Waals surface area contributed by atoms with Crippen molar-refractivity contribution in [2.75, 3.05) is 0 Å². The first-order valence-electron chi connectivity index (χ1n) is 6.53. The van der Waals surface area contributed by atoms with Gasteiger partial charge in [-0.25, -0.2) is 0 Å². The van der Waals surface area contributed by atoms with E-state index in [1.165, 1.54) is 5.56 Å². The van der Waals surface area contributed by atoms with Crippen molar-refractivity contribution in [2.24, 2.45) is 0 Å². The zero-order valence-corrected chi connectivity index (χ0v) is 11.7. The average Bonchev–Trinajstić information content (AvgIpc) is 2.88. The smallest absolute Gasteiger partial charge is 0.105 e. The molecule has 98 valence electrons. The fraction of sp³-hybridized carbons (Fsp3) is 0.353. The van der Waals surface area contributed by atoms with Gasteiger partial charge in [0.15, 0.2) is 0 Å². The number of hydrogen-bond acceptors (Lipinski definition) is 2. The molecule has 0 amide bonds. The summed E-state index contributed by atoms with van der Waals surface area (Å²) in [6, 6.07) is 14.5. The quantitative estimate of drug-likeness (QED) is 0.811. The molecular formula is C17H19NO. The van der Waals surface area contributed by atoms with Gasteiger partial charge >= 0.3 is 0 Å². The number of nitriles is 1. The van der Waals surface area contributed by atoms with Crippen LogP contribution in [0.5, 0.6) is 0 Å². The summed E-state index contributed by atoms with van der Waals surface area (Å²) < 4.78 is 5.31. The maximum absolute atomic E-state index is 9.32. The lowest BCUT2D eigenvalue weighted by Crippen LogP contribution is -2.11. The Morgan fingerprint density at radius 3 is 2.32 bits per heavy atom. The third kappa shape index (κ3) is 3.26. The predicted octanol–water partition coefficient (Wildman–Crippen LogP) is 4.43. The molecule has 0 fully saturated rings. The monoisotopic (exact) mass is 253 g/mol. The maximum Gasteiger partial charge on any atom is 0.105 e. The summed E-state index contributed by atoms with van der Waals surface area (Å²) in [4.78, 5) is 0. The van der Waals surface area contributed by atoms with Crippen molar-refractivity contribution in [1.29, 1.82) is 5.26 Å². The van der Waals surface area contributed by atoms with E-state index < -0.39 is 0 Å². The minimum atomic E-state index is -0.153. The molecule has 19 heavy (non-hydrogen) atoms. The van der Waals surface area contributed by atoms with Crippen LogP contribution in [0.4, 0.5) is 0 Å². The second kappa shape index (κ2) is 5.32. The molecule has 0 aliphatic carbocycles. The van der Waals surface area contributed by atoms with E-state index in [1.807, 2.05) is 12.1 Å². The van der Waals surface area contributed by atoms with Crippen molar-refractivity contribution in [3.05, 3.63) is 59.5 Å².